The van der Waals surface area contributed by atoms with E-state index in [1.165, 1.54) is 11.1 Å². The largest absolute Gasteiger partial charge is 0.385 e. The van der Waals surface area contributed by atoms with E-state index in [1.54, 1.807) is 34.9 Å². The third-order valence-electron chi connectivity index (χ3n) is 7.52. The lowest BCUT2D eigenvalue weighted by molar-refractivity contribution is 0.190. The monoisotopic (exact) mass is 575 g/mol. The maximum Gasteiger partial charge on any atom is 0.243 e. The van der Waals surface area contributed by atoms with E-state index in [0.717, 1.165) is 54.0 Å². The summed E-state index contributed by atoms with van der Waals surface area (Å²) in [5.74, 6) is 0.517. The first-order chi connectivity index (χ1) is 19.4. The quantitative estimate of drug-likeness (QED) is 0.205. The molecule has 0 atom stereocenters. The average Bonchev–Trinajstić information content (AvgIpc) is 3.37. The van der Waals surface area contributed by atoms with E-state index in [9.17, 15) is 8.42 Å². The zero-order valence-corrected chi connectivity index (χ0v) is 24.8. The molecule has 1 aliphatic rings. The summed E-state index contributed by atoms with van der Waals surface area (Å²) in [5, 5.41) is 2.10. The molecule has 2 heterocycles. The first-order valence-electron chi connectivity index (χ1n) is 13.9. The molecule has 8 heteroatoms. The average molecular weight is 576 g/mol. The van der Waals surface area contributed by atoms with E-state index in [2.05, 4.69) is 53.3 Å². The number of hydrogen-bond donors (Lipinski definition) is 0. The van der Waals surface area contributed by atoms with E-state index in [-0.39, 0.29) is 0 Å². The number of nitrogens with zero attached hydrogens (tertiary/aromatic N) is 3. The first kappa shape index (κ1) is 28.5. The topological polar surface area (TPSA) is 63.9 Å². The highest BCUT2D eigenvalue weighted by Gasteiger charge is 2.29. The molecule has 1 aromatic heterocycles. The molecule has 0 aliphatic carbocycles. The van der Waals surface area contributed by atoms with E-state index in [4.69, 9.17) is 9.73 Å². The van der Waals surface area contributed by atoms with Gasteiger partial charge >= 0.3 is 0 Å². The molecular weight excluding hydrogens is 539 g/mol. The van der Waals surface area contributed by atoms with Crippen molar-refractivity contribution in [1.82, 2.24) is 8.87 Å². The standard InChI is InChI=1S/C32H37N3O3S2/c1-25-9-13-29(14-10-25)33-32-35(19-6-22-38-2)31(24-39-32)28-11-15-30(16-12-28)40(36,37)34-20-17-27(18-21-34)23-26-7-4-3-5-8-26/h3-5,7-16,24,27H,6,17-23H2,1-2H3. The minimum absolute atomic E-state index is 0.350. The zero-order valence-electron chi connectivity index (χ0n) is 23.2. The van der Waals surface area contributed by atoms with Gasteiger partial charge in [0.05, 0.1) is 16.3 Å². The van der Waals surface area contributed by atoms with E-state index in [0.29, 0.717) is 30.5 Å². The minimum Gasteiger partial charge on any atom is -0.385 e. The van der Waals surface area contributed by atoms with Crippen molar-refractivity contribution in [3.05, 3.63) is 100 Å². The highest BCUT2D eigenvalue weighted by atomic mass is 32.2. The number of rotatable bonds is 10. The van der Waals surface area contributed by atoms with E-state index >= 15 is 0 Å². The number of ether oxygens (including phenoxy) is 1. The van der Waals surface area contributed by atoms with Gasteiger partial charge in [0.1, 0.15) is 0 Å². The van der Waals surface area contributed by atoms with Gasteiger partial charge in [-0.3, -0.25) is 0 Å². The van der Waals surface area contributed by atoms with Gasteiger partial charge in [-0.25, -0.2) is 13.4 Å². The van der Waals surface area contributed by atoms with Crippen molar-refractivity contribution in [1.29, 1.82) is 0 Å². The van der Waals surface area contributed by atoms with Crippen LogP contribution >= 0.6 is 11.3 Å². The van der Waals surface area contributed by atoms with Crippen LogP contribution in [-0.4, -0.2) is 44.1 Å². The van der Waals surface area contributed by atoms with Crippen LogP contribution in [0.4, 0.5) is 5.69 Å². The highest BCUT2D eigenvalue weighted by Crippen LogP contribution is 2.28. The van der Waals surface area contributed by atoms with Gasteiger partial charge in [0.2, 0.25) is 10.0 Å². The molecule has 3 aromatic carbocycles. The Kier molecular flexibility index (Phi) is 9.32. The van der Waals surface area contributed by atoms with Crippen LogP contribution in [0, 0.1) is 12.8 Å². The lowest BCUT2D eigenvalue weighted by Gasteiger charge is -2.31. The Bertz CT molecular complexity index is 1550. The highest BCUT2D eigenvalue weighted by molar-refractivity contribution is 7.89. The third kappa shape index (κ3) is 6.81. The van der Waals surface area contributed by atoms with Crippen LogP contribution in [0.2, 0.25) is 0 Å². The van der Waals surface area contributed by atoms with E-state index < -0.39 is 10.0 Å². The molecule has 0 unspecified atom stereocenters. The Balaban J connectivity index is 1.32. The number of sulfonamides is 1. The fraction of sp³-hybridized carbons (Fsp3) is 0.344. The Labute approximate surface area is 241 Å². The Morgan fingerprint density at radius 2 is 1.65 bits per heavy atom. The van der Waals surface area contributed by atoms with Gasteiger partial charge in [-0.15, -0.1) is 11.3 Å². The van der Waals surface area contributed by atoms with Gasteiger partial charge in [0.25, 0.3) is 0 Å². The van der Waals surface area contributed by atoms with Gasteiger partial charge in [-0.2, -0.15) is 4.31 Å². The Morgan fingerprint density at radius 3 is 2.33 bits per heavy atom. The fourth-order valence-electron chi connectivity index (χ4n) is 5.21. The van der Waals surface area contributed by atoms with Crippen LogP contribution in [-0.2, 0) is 27.7 Å². The molecule has 40 heavy (non-hydrogen) atoms. The van der Waals surface area contributed by atoms with Crippen LogP contribution in [0.5, 0.6) is 0 Å². The molecular formula is C32H37N3O3S2. The van der Waals surface area contributed by atoms with Crippen LogP contribution in [0.25, 0.3) is 11.3 Å². The predicted octanol–water partition coefficient (Wildman–Crippen LogP) is 6.44. The van der Waals surface area contributed by atoms with E-state index in [1.807, 2.05) is 30.3 Å². The molecule has 1 aliphatic heterocycles. The Morgan fingerprint density at radius 1 is 0.950 bits per heavy atom. The Hall–Kier alpha value is -3.04. The summed E-state index contributed by atoms with van der Waals surface area (Å²) in [6.45, 7) is 4.61. The number of aromatic nitrogens is 1. The lowest BCUT2D eigenvalue weighted by Crippen LogP contribution is -2.38. The van der Waals surface area contributed by atoms with Crippen LogP contribution in [0.1, 0.15) is 30.4 Å². The number of piperidine rings is 1. The number of methoxy groups -OCH3 is 1. The summed E-state index contributed by atoms with van der Waals surface area (Å²) < 4.78 is 36.1. The van der Waals surface area contributed by atoms with Crippen LogP contribution in [0.15, 0.2) is 94.1 Å². The van der Waals surface area contributed by atoms with Gasteiger partial charge in [-0.05, 0) is 73.9 Å². The minimum atomic E-state index is -3.53. The van der Waals surface area contributed by atoms with Crippen molar-refractivity contribution in [2.24, 2.45) is 10.9 Å². The summed E-state index contributed by atoms with van der Waals surface area (Å²) in [4.78, 5) is 6.15. The third-order valence-corrected chi connectivity index (χ3v) is 10.3. The smallest absolute Gasteiger partial charge is 0.243 e. The molecule has 4 aromatic rings. The van der Waals surface area contributed by atoms with Crippen molar-refractivity contribution in [2.45, 2.75) is 44.0 Å². The first-order valence-corrected chi connectivity index (χ1v) is 16.2. The van der Waals surface area contributed by atoms with Crippen molar-refractivity contribution < 1.29 is 13.2 Å². The van der Waals surface area contributed by atoms with Gasteiger partial charge in [0.15, 0.2) is 4.80 Å². The SMILES string of the molecule is COCCCn1c(-c2ccc(S(=O)(=O)N3CCC(Cc4ccccc4)CC3)cc2)csc1=Nc1ccc(C)cc1. The molecule has 0 amide bonds. The zero-order chi connectivity index (χ0) is 28.0. The van der Waals surface area contributed by atoms with Crippen molar-refractivity contribution in [2.75, 3.05) is 26.8 Å². The molecule has 5 rings (SSSR count). The summed E-state index contributed by atoms with van der Waals surface area (Å²) in [6, 6.07) is 26.0. The molecule has 1 saturated heterocycles. The maximum absolute atomic E-state index is 13.5. The second-order valence-electron chi connectivity index (χ2n) is 10.4. The van der Waals surface area contributed by atoms with Crippen LogP contribution in [0.3, 0.4) is 0 Å². The van der Waals surface area contributed by atoms with Crippen molar-refractivity contribution in [3.8, 4) is 11.3 Å². The van der Waals surface area contributed by atoms with Crippen LogP contribution < -0.4 is 4.80 Å². The summed E-state index contributed by atoms with van der Waals surface area (Å²) in [6.07, 6.45) is 3.63. The number of aryl methyl sites for hydroxylation is 1. The predicted molar refractivity (Wildman–Crippen MR) is 162 cm³/mol. The number of benzene rings is 3. The molecule has 0 radical (unpaired) electrons. The second kappa shape index (κ2) is 13.1. The van der Waals surface area contributed by atoms with Gasteiger partial charge < -0.3 is 9.30 Å². The summed E-state index contributed by atoms with van der Waals surface area (Å²) >= 11 is 1.59. The molecule has 210 valence electrons. The normalized spacial score (nSPS) is 15.5. The molecule has 0 saturated carbocycles. The van der Waals surface area contributed by atoms with Crippen molar-refractivity contribution >= 4 is 27.0 Å². The summed E-state index contributed by atoms with van der Waals surface area (Å²) in [7, 11) is -1.82. The lowest BCUT2D eigenvalue weighted by atomic mass is 9.91. The fourth-order valence-corrected chi connectivity index (χ4v) is 7.64. The molecule has 6 nitrogen and oxygen atoms in total. The maximum atomic E-state index is 13.5. The van der Waals surface area contributed by atoms with Gasteiger partial charge in [-0.1, -0.05) is 60.2 Å². The van der Waals surface area contributed by atoms with Crippen molar-refractivity contribution in [3.63, 3.8) is 0 Å². The second-order valence-corrected chi connectivity index (χ2v) is 13.2. The molecule has 0 spiro atoms. The number of thiazole rings is 1. The molecule has 1 fully saturated rings. The molecule has 0 N–H and O–H groups in total. The summed E-state index contributed by atoms with van der Waals surface area (Å²) in [5.41, 5.74) is 5.43. The van der Waals surface area contributed by atoms with Gasteiger partial charge in [0, 0.05) is 38.7 Å². The molecule has 0 bridgehead atoms. The number of hydrogen-bond acceptors (Lipinski definition) is 5.